The molecule has 1 aliphatic rings. The van der Waals surface area contributed by atoms with Gasteiger partial charge in [-0.3, -0.25) is 24.3 Å². The SMILES string of the molecule is O=C(CCSc1nnc(CNc2ccc(Cl)cc2)n1-c1ccccc1)Nc1ccc2c(c1)C(=O)NC2=O. The fraction of sp³-hybridized carbons (Fsp3) is 0.115. The van der Waals surface area contributed by atoms with Crippen molar-refractivity contribution in [1.29, 1.82) is 0 Å². The quantitative estimate of drug-likeness (QED) is 0.214. The van der Waals surface area contributed by atoms with Crippen LogP contribution in [0.3, 0.4) is 0 Å². The van der Waals surface area contributed by atoms with Crippen molar-refractivity contribution in [3.8, 4) is 5.69 Å². The Labute approximate surface area is 221 Å². The van der Waals surface area contributed by atoms with E-state index in [1.54, 1.807) is 6.07 Å². The first kappa shape index (κ1) is 24.5. The molecule has 0 fully saturated rings. The number of aromatic nitrogens is 3. The molecular weight excluding hydrogens is 512 g/mol. The van der Waals surface area contributed by atoms with Crippen LogP contribution < -0.4 is 16.0 Å². The van der Waals surface area contributed by atoms with Crippen molar-refractivity contribution < 1.29 is 14.4 Å². The fourth-order valence-corrected chi connectivity index (χ4v) is 4.83. The van der Waals surface area contributed by atoms with E-state index in [1.807, 2.05) is 59.2 Å². The number of carbonyl (C=O) groups is 3. The molecule has 0 saturated heterocycles. The molecular formula is C26H21ClN6O3S. The Hall–Kier alpha value is -4.15. The minimum absolute atomic E-state index is 0.215. The molecule has 3 aromatic carbocycles. The minimum atomic E-state index is -0.465. The normalized spacial score (nSPS) is 12.2. The Morgan fingerprint density at radius 2 is 1.65 bits per heavy atom. The Bertz CT molecular complexity index is 1470. The van der Waals surface area contributed by atoms with Gasteiger partial charge in [-0.1, -0.05) is 41.6 Å². The molecule has 0 aliphatic carbocycles. The first-order chi connectivity index (χ1) is 18.0. The van der Waals surface area contributed by atoms with Crippen LogP contribution in [-0.4, -0.2) is 38.2 Å². The van der Waals surface area contributed by atoms with E-state index in [1.165, 1.54) is 23.9 Å². The first-order valence-electron chi connectivity index (χ1n) is 11.4. The molecule has 1 aromatic heterocycles. The lowest BCUT2D eigenvalue weighted by Gasteiger charge is -2.11. The Balaban J connectivity index is 1.23. The van der Waals surface area contributed by atoms with Gasteiger partial charge in [-0.2, -0.15) is 0 Å². The van der Waals surface area contributed by atoms with Gasteiger partial charge in [0.2, 0.25) is 5.91 Å². The highest BCUT2D eigenvalue weighted by atomic mass is 35.5. The summed E-state index contributed by atoms with van der Waals surface area (Å²) in [6.07, 6.45) is 0.215. The summed E-state index contributed by atoms with van der Waals surface area (Å²) in [5, 5.41) is 18.4. The summed E-state index contributed by atoms with van der Waals surface area (Å²) < 4.78 is 1.96. The second-order valence-electron chi connectivity index (χ2n) is 8.12. The molecule has 3 amide bonds. The van der Waals surface area contributed by atoms with E-state index in [0.717, 1.165) is 17.2 Å². The van der Waals surface area contributed by atoms with Crippen LogP contribution in [0, 0.1) is 0 Å². The number of hydrogen-bond donors (Lipinski definition) is 3. The van der Waals surface area contributed by atoms with E-state index in [2.05, 4.69) is 26.1 Å². The van der Waals surface area contributed by atoms with Crippen LogP contribution in [0.15, 0.2) is 78.0 Å². The van der Waals surface area contributed by atoms with Crippen LogP contribution in [0.4, 0.5) is 11.4 Å². The van der Waals surface area contributed by atoms with Gasteiger partial charge in [-0.15, -0.1) is 10.2 Å². The van der Waals surface area contributed by atoms with Gasteiger partial charge >= 0.3 is 0 Å². The van der Waals surface area contributed by atoms with E-state index < -0.39 is 11.8 Å². The summed E-state index contributed by atoms with van der Waals surface area (Å²) in [6.45, 7) is 0.443. The van der Waals surface area contributed by atoms with Gasteiger partial charge in [0, 0.05) is 34.3 Å². The predicted octanol–water partition coefficient (Wildman–Crippen LogP) is 4.54. The third-order valence-corrected chi connectivity index (χ3v) is 6.77. The van der Waals surface area contributed by atoms with Crippen LogP contribution in [0.1, 0.15) is 33.0 Å². The number of para-hydroxylation sites is 1. The first-order valence-corrected chi connectivity index (χ1v) is 12.8. The number of thioether (sulfide) groups is 1. The zero-order valence-corrected chi connectivity index (χ0v) is 21.0. The van der Waals surface area contributed by atoms with Crippen molar-refractivity contribution in [1.82, 2.24) is 20.1 Å². The van der Waals surface area contributed by atoms with Gasteiger partial charge in [0.1, 0.15) is 0 Å². The van der Waals surface area contributed by atoms with Gasteiger partial charge < -0.3 is 10.6 Å². The van der Waals surface area contributed by atoms with Crippen LogP contribution >= 0.6 is 23.4 Å². The molecule has 0 bridgehead atoms. The van der Waals surface area contributed by atoms with E-state index in [-0.39, 0.29) is 17.9 Å². The smallest absolute Gasteiger partial charge is 0.259 e. The zero-order valence-electron chi connectivity index (χ0n) is 19.4. The molecule has 11 heteroatoms. The summed E-state index contributed by atoms with van der Waals surface area (Å²) in [6, 6.07) is 21.8. The van der Waals surface area contributed by atoms with E-state index in [0.29, 0.717) is 33.7 Å². The summed E-state index contributed by atoms with van der Waals surface area (Å²) in [4.78, 5) is 36.1. The number of anilines is 2. The monoisotopic (exact) mass is 532 g/mol. The highest BCUT2D eigenvalue weighted by Crippen LogP contribution is 2.24. The van der Waals surface area contributed by atoms with Crippen molar-refractivity contribution in [2.45, 2.75) is 18.1 Å². The van der Waals surface area contributed by atoms with Crippen molar-refractivity contribution in [3.05, 3.63) is 94.8 Å². The van der Waals surface area contributed by atoms with Crippen LogP contribution in [0.25, 0.3) is 5.69 Å². The molecule has 2 heterocycles. The molecule has 0 atom stereocenters. The summed E-state index contributed by atoms with van der Waals surface area (Å²) >= 11 is 7.39. The number of rotatable bonds is 9. The van der Waals surface area contributed by atoms with Crippen molar-refractivity contribution in [2.75, 3.05) is 16.4 Å². The van der Waals surface area contributed by atoms with Crippen LogP contribution in [0.5, 0.6) is 0 Å². The van der Waals surface area contributed by atoms with Gasteiger partial charge in [0.25, 0.3) is 11.8 Å². The van der Waals surface area contributed by atoms with E-state index >= 15 is 0 Å². The lowest BCUT2D eigenvalue weighted by Crippen LogP contribution is -2.19. The average Bonchev–Trinajstić information content (AvgIpc) is 3.43. The Morgan fingerprint density at radius 3 is 2.43 bits per heavy atom. The molecule has 0 spiro atoms. The Morgan fingerprint density at radius 1 is 0.919 bits per heavy atom. The van der Waals surface area contributed by atoms with Crippen molar-refractivity contribution >= 4 is 52.5 Å². The number of halogens is 1. The summed E-state index contributed by atoms with van der Waals surface area (Å²) in [7, 11) is 0. The summed E-state index contributed by atoms with van der Waals surface area (Å²) in [5.74, 6) is 0.0742. The number of nitrogens with one attached hydrogen (secondary N) is 3. The number of imide groups is 1. The third kappa shape index (κ3) is 5.65. The van der Waals surface area contributed by atoms with Gasteiger partial charge in [0.05, 0.1) is 17.7 Å². The molecule has 4 aromatic rings. The van der Waals surface area contributed by atoms with Crippen molar-refractivity contribution in [2.24, 2.45) is 0 Å². The number of nitrogens with zero attached hydrogens (tertiary/aromatic N) is 3. The van der Waals surface area contributed by atoms with E-state index in [9.17, 15) is 14.4 Å². The minimum Gasteiger partial charge on any atom is -0.378 e. The number of amides is 3. The molecule has 3 N–H and O–H groups in total. The topological polar surface area (TPSA) is 118 Å². The molecule has 1 aliphatic heterocycles. The molecule has 37 heavy (non-hydrogen) atoms. The maximum Gasteiger partial charge on any atom is 0.259 e. The molecule has 0 saturated carbocycles. The number of fused-ring (bicyclic) bond motifs is 1. The highest BCUT2D eigenvalue weighted by Gasteiger charge is 2.26. The third-order valence-electron chi connectivity index (χ3n) is 5.59. The predicted molar refractivity (Wildman–Crippen MR) is 142 cm³/mol. The fourth-order valence-electron chi connectivity index (χ4n) is 3.80. The lowest BCUT2D eigenvalue weighted by molar-refractivity contribution is -0.115. The van der Waals surface area contributed by atoms with Gasteiger partial charge in [0.15, 0.2) is 11.0 Å². The second-order valence-corrected chi connectivity index (χ2v) is 9.62. The molecule has 186 valence electrons. The van der Waals surface area contributed by atoms with Gasteiger partial charge in [-0.05, 0) is 54.6 Å². The number of hydrogen-bond acceptors (Lipinski definition) is 7. The van der Waals surface area contributed by atoms with E-state index in [4.69, 9.17) is 11.6 Å². The molecule has 0 unspecified atom stereocenters. The highest BCUT2D eigenvalue weighted by molar-refractivity contribution is 7.99. The summed E-state index contributed by atoms with van der Waals surface area (Å²) in [5.41, 5.74) is 2.85. The van der Waals surface area contributed by atoms with Crippen LogP contribution in [-0.2, 0) is 11.3 Å². The number of carbonyl (C=O) groups excluding carboxylic acids is 3. The number of benzene rings is 3. The lowest BCUT2D eigenvalue weighted by atomic mass is 10.1. The largest absolute Gasteiger partial charge is 0.378 e. The second kappa shape index (κ2) is 10.9. The van der Waals surface area contributed by atoms with Crippen LogP contribution in [0.2, 0.25) is 5.02 Å². The molecule has 0 radical (unpaired) electrons. The maximum atomic E-state index is 12.5. The van der Waals surface area contributed by atoms with Gasteiger partial charge in [-0.25, -0.2) is 0 Å². The Kier molecular flexibility index (Phi) is 7.20. The maximum absolute atomic E-state index is 12.5. The average molecular weight is 533 g/mol. The molecule has 9 nitrogen and oxygen atoms in total. The molecule has 5 rings (SSSR count). The zero-order chi connectivity index (χ0) is 25.8. The van der Waals surface area contributed by atoms with Crippen molar-refractivity contribution in [3.63, 3.8) is 0 Å². The standard InChI is InChI=1S/C26H21ClN6O3S/c27-16-6-8-17(9-7-16)28-15-22-31-32-26(33(22)19-4-2-1-3-5-19)37-13-12-23(34)29-18-10-11-20-21(14-18)25(36)30-24(20)35/h1-11,14,28H,12-13,15H2,(H,29,34)(H,30,35,36).